The average molecular weight is 369 g/mol. The summed E-state index contributed by atoms with van der Waals surface area (Å²) in [7, 11) is -1.29. The molecule has 1 heterocycles. The summed E-state index contributed by atoms with van der Waals surface area (Å²) in [6.45, 7) is 0. The average Bonchev–Trinajstić information content (AvgIpc) is 3.10. The molecule has 3 aromatic rings. The van der Waals surface area contributed by atoms with Crippen molar-refractivity contribution < 1.29 is 9.00 Å². The summed E-state index contributed by atoms with van der Waals surface area (Å²) in [5.41, 5.74) is 1.90. The fourth-order valence-electron chi connectivity index (χ4n) is 2.02. The predicted molar refractivity (Wildman–Crippen MR) is 101 cm³/mol. The van der Waals surface area contributed by atoms with E-state index in [9.17, 15) is 9.00 Å². The van der Waals surface area contributed by atoms with Gasteiger partial charge in [-0.25, -0.2) is 0 Å². The van der Waals surface area contributed by atoms with E-state index in [4.69, 9.17) is 0 Å². The van der Waals surface area contributed by atoms with E-state index in [1.165, 1.54) is 6.08 Å². The van der Waals surface area contributed by atoms with Crippen molar-refractivity contribution in [3.63, 3.8) is 0 Å². The summed E-state index contributed by atoms with van der Waals surface area (Å²) in [5, 5.41) is 10.8. The van der Waals surface area contributed by atoms with Crippen LogP contribution in [0.1, 0.15) is 11.1 Å². The van der Waals surface area contributed by atoms with Gasteiger partial charge in [0.05, 0.1) is 16.6 Å². The molecule has 5 nitrogen and oxygen atoms in total. The zero-order valence-electron chi connectivity index (χ0n) is 13.2. The zero-order chi connectivity index (χ0) is 17.5. The number of aromatic nitrogens is 2. The molecule has 0 unspecified atom stereocenters. The van der Waals surface area contributed by atoms with Gasteiger partial charge in [-0.15, -0.1) is 10.2 Å². The van der Waals surface area contributed by atoms with Crippen LogP contribution in [0.5, 0.6) is 0 Å². The van der Waals surface area contributed by atoms with Crippen molar-refractivity contribution in [2.45, 2.75) is 10.1 Å². The molecule has 25 heavy (non-hydrogen) atoms. The van der Waals surface area contributed by atoms with E-state index in [1.807, 2.05) is 60.7 Å². The van der Waals surface area contributed by atoms with Gasteiger partial charge in [0.25, 0.3) is 0 Å². The number of nitrogens with one attached hydrogen (secondary N) is 1. The fraction of sp³-hybridized carbons (Fsp3) is 0.0556. The summed E-state index contributed by atoms with van der Waals surface area (Å²) in [6, 6.07) is 19.1. The molecule has 0 radical (unpaired) electrons. The van der Waals surface area contributed by atoms with E-state index in [1.54, 1.807) is 6.08 Å². The second-order valence-corrected chi connectivity index (χ2v) is 7.68. The van der Waals surface area contributed by atoms with Crippen LogP contribution in [0.15, 0.2) is 71.1 Å². The highest BCUT2D eigenvalue weighted by atomic mass is 32.2. The number of nitrogens with zero attached hydrogens (tertiary/aromatic N) is 2. The lowest BCUT2D eigenvalue weighted by Crippen LogP contribution is -2.07. The smallest absolute Gasteiger partial charge is 0.250 e. The Morgan fingerprint density at radius 2 is 1.72 bits per heavy atom. The van der Waals surface area contributed by atoms with Crippen LogP contribution in [0.25, 0.3) is 6.08 Å². The third-order valence-electron chi connectivity index (χ3n) is 3.20. The lowest BCUT2D eigenvalue weighted by molar-refractivity contribution is -0.111. The Morgan fingerprint density at radius 1 is 1.04 bits per heavy atom. The van der Waals surface area contributed by atoms with Gasteiger partial charge in [0.2, 0.25) is 15.4 Å². The van der Waals surface area contributed by atoms with Gasteiger partial charge in [-0.1, -0.05) is 72.0 Å². The first-order valence-electron chi connectivity index (χ1n) is 7.50. The van der Waals surface area contributed by atoms with Crippen molar-refractivity contribution in [1.29, 1.82) is 0 Å². The number of amides is 1. The van der Waals surface area contributed by atoms with Crippen LogP contribution >= 0.6 is 11.3 Å². The number of hydrogen-bond donors (Lipinski definition) is 1. The molecule has 1 atom stereocenters. The largest absolute Gasteiger partial charge is 0.297 e. The number of hydrogen-bond acceptors (Lipinski definition) is 5. The first-order chi connectivity index (χ1) is 12.2. The molecule has 0 aliphatic heterocycles. The van der Waals surface area contributed by atoms with Crippen LogP contribution in [0.2, 0.25) is 0 Å². The summed E-state index contributed by atoms with van der Waals surface area (Å²) >= 11 is 1.12. The second-order valence-electron chi connectivity index (χ2n) is 5.08. The van der Waals surface area contributed by atoms with E-state index in [0.717, 1.165) is 22.5 Å². The van der Waals surface area contributed by atoms with Crippen LogP contribution in [0, 0.1) is 0 Å². The van der Waals surface area contributed by atoms with Crippen LogP contribution in [0.4, 0.5) is 5.13 Å². The van der Waals surface area contributed by atoms with Crippen LogP contribution < -0.4 is 5.32 Å². The normalized spacial score (nSPS) is 12.2. The van der Waals surface area contributed by atoms with Gasteiger partial charge in [0.1, 0.15) is 0 Å². The molecule has 0 saturated heterocycles. The van der Waals surface area contributed by atoms with E-state index in [0.29, 0.717) is 15.2 Å². The Bertz CT molecular complexity index is 893. The monoisotopic (exact) mass is 369 g/mol. The van der Waals surface area contributed by atoms with E-state index in [-0.39, 0.29) is 5.91 Å². The molecule has 2 aromatic carbocycles. The molecule has 0 aliphatic carbocycles. The summed E-state index contributed by atoms with van der Waals surface area (Å²) in [4.78, 5) is 11.9. The van der Waals surface area contributed by atoms with Gasteiger partial charge in [-0.3, -0.25) is 14.3 Å². The fourth-order valence-corrected chi connectivity index (χ4v) is 4.04. The number of benzene rings is 2. The molecule has 0 saturated carbocycles. The highest BCUT2D eigenvalue weighted by Gasteiger charge is 2.13. The molecular formula is C18H15N3O2S2. The van der Waals surface area contributed by atoms with Gasteiger partial charge in [0, 0.05) is 6.08 Å². The Labute approximate surface area is 151 Å². The first-order valence-corrected chi connectivity index (χ1v) is 9.64. The van der Waals surface area contributed by atoms with Gasteiger partial charge < -0.3 is 0 Å². The van der Waals surface area contributed by atoms with Crippen molar-refractivity contribution in [2.24, 2.45) is 0 Å². The number of carbonyl (C=O) groups excluding carboxylic acids is 1. The third kappa shape index (κ3) is 5.17. The molecule has 1 amide bonds. The molecule has 0 fully saturated rings. The minimum atomic E-state index is -1.29. The van der Waals surface area contributed by atoms with Crippen molar-refractivity contribution >= 4 is 39.3 Å². The molecule has 0 spiro atoms. The van der Waals surface area contributed by atoms with Crippen LogP contribution in [-0.2, 0) is 21.3 Å². The standard InChI is InChI=1S/C18H15N3O2S2/c22-16(12-11-14-7-3-1-4-8-14)19-17-20-21-18(24-17)25(23)13-15-9-5-2-6-10-15/h1-12H,13H2,(H,19,20,22)/b12-11-/t25-/m1/s1. The highest BCUT2D eigenvalue weighted by molar-refractivity contribution is 7.86. The Morgan fingerprint density at radius 3 is 2.44 bits per heavy atom. The Hall–Kier alpha value is -2.64. The lowest BCUT2D eigenvalue weighted by Gasteiger charge is -1.98. The Balaban J connectivity index is 1.58. The second kappa shape index (κ2) is 8.46. The first kappa shape index (κ1) is 17.2. The van der Waals surface area contributed by atoms with E-state index in [2.05, 4.69) is 15.5 Å². The molecule has 0 aliphatic rings. The van der Waals surface area contributed by atoms with Crippen molar-refractivity contribution in [1.82, 2.24) is 10.2 Å². The van der Waals surface area contributed by atoms with Crippen LogP contribution in [-0.4, -0.2) is 20.3 Å². The van der Waals surface area contributed by atoms with Gasteiger partial charge in [-0.05, 0) is 17.2 Å². The topological polar surface area (TPSA) is 72.0 Å². The predicted octanol–water partition coefficient (Wildman–Crippen LogP) is 3.50. The number of rotatable bonds is 6. The van der Waals surface area contributed by atoms with Crippen molar-refractivity contribution in [3.05, 3.63) is 77.9 Å². The summed E-state index contributed by atoms with van der Waals surface area (Å²) < 4.78 is 12.7. The molecule has 0 bridgehead atoms. The minimum Gasteiger partial charge on any atom is -0.297 e. The number of carbonyl (C=O) groups is 1. The Kier molecular flexibility index (Phi) is 5.81. The zero-order valence-corrected chi connectivity index (χ0v) is 14.8. The molecular weight excluding hydrogens is 354 g/mol. The third-order valence-corrected chi connectivity index (χ3v) is 5.71. The quantitative estimate of drug-likeness (QED) is 0.533. The van der Waals surface area contributed by atoms with Gasteiger partial charge >= 0.3 is 0 Å². The summed E-state index contributed by atoms with van der Waals surface area (Å²) in [5.74, 6) is 0.0672. The molecule has 1 N–H and O–H groups in total. The van der Waals surface area contributed by atoms with E-state index < -0.39 is 10.8 Å². The maximum atomic E-state index is 12.3. The molecule has 7 heteroatoms. The maximum Gasteiger partial charge on any atom is 0.250 e. The SMILES string of the molecule is O=C(/C=C\c1ccccc1)Nc1nnc([S@](=O)Cc2ccccc2)s1. The highest BCUT2D eigenvalue weighted by Crippen LogP contribution is 2.20. The molecule has 1 aromatic heterocycles. The molecule has 3 rings (SSSR count). The van der Waals surface area contributed by atoms with Crippen molar-refractivity contribution in [2.75, 3.05) is 5.32 Å². The van der Waals surface area contributed by atoms with Crippen LogP contribution in [0.3, 0.4) is 0 Å². The van der Waals surface area contributed by atoms with Gasteiger partial charge in [-0.2, -0.15) is 0 Å². The lowest BCUT2D eigenvalue weighted by atomic mass is 10.2. The molecule has 126 valence electrons. The maximum absolute atomic E-state index is 12.3. The van der Waals surface area contributed by atoms with Crippen molar-refractivity contribution in [3.8, 4) is 0 Å². The van der Waals surface area contributed by atoms with Gasteiger partial charge in [0.15, 0.2) is 0 Å². The summed E-state index contributed by atoms with van der Waals surface area (Å²) in [6.07, 6.45) is 3.14. The number of anilines is 1. The van der Waals surface area contributed by atoms with E-state index >= 15 is 0 Å². The minimum absolute atomic E-state index is 0.305.